The Hall–Kier alpha value is -0.160. The average Bonchev–Trinajstić information content (AvgIpc) is 2.84. The lowest BCUT2D eigenvalue weighted by molar-refractivity contribution is -0.182. The molecule has 0 radical (unpaired) electrons. The van der Waals surface area contributed by atoms with Crippen LogP contribution < -0.4 is 10.6 Å². The average molecular weight is 270 g/mol. The summed E-state index contributed by atoms with van der Waals surface area (Å²) in [6.45, 7) is 9.22. The summed E-state index contributed by atoms with van der Waals surface area (Å²) in [5.41, 5.74) is 0. The fraction of sp³-hybridized carbons (Fsp3) is 1.00. The summed E-state index contributed by atoms with van der Waals surface area (Å²) in [6.07, 6.45) is 5.98. The van der Waals surface area contributed by atoms with E-state index >= 15 is 0 Å². The Kier molecular flexibility index (Phi) is 6.07. The minimum Gasteiger partial charge on any atom is -0.348 e. The van der Waals surface area contributed by atoms with Gasteiger partial charge in [-0.25, -0.2) is 0 Å². The molecule has 2 rings (SSSR count). The molecule has 0 atom stereocenters. The van der Waals surface area contributed by atoms with Gasteiger partial charge in [-0.2, -0.15) is 0 Å². The Bertz CT molecular complexity index is 243. The van der Waals surface area contributed by atoms with Gasteiger partial charge in [0.25, 0.3) is 0 Å². The Labute approximate surface area is 117 Å². The van der Waals surface area contributed by atoms with E-state index in [0.717, 1.165) is 51.6 Å². The highest BCUT2D eigenvalue weighted by molar-refractivity contribution is 4.82. The highest BCUT2D eigenvalue weighted by Crippen LogP contribution is 2.39. The van der Waals surface area contributed by atoms with Crippen molar-refractivity contribution in [2.45, 2.75) is 57.8 Å². The second kappa shape index (κ2) is 7.58. The van der Waals surface area contributed by atoms with Gasteiger partial charge in [0, 0.05) is 32.0 Å². The van der Waals surface area contributed by atoms with Crippen LogP contribution in [-0.4, -0.2) is 44.7 Å². The Balaban J connectivity index is 1.49. The second-order valence-electron chi connectivity index (χ2n) is 6.20. The quantitative estimate of drug-likeness (QED) is 0.693. The first-order valence-corrected chi connectivity index (χ1v) is 7.92. The molecule has 0 aromatic carbocycles. The SMILES string of the molecule is CC(C)NCCNCCC1CCC2(CC1)OCCO2. The first kappa shape index (κ1) is 15.2. The molecule has 1 aliphatic heterocycles. The smallest absolute Gasteiger partial charge is 0.168 e. The van der Waals surface area contributed by atoms with E-state index in [2.05, 4.69) is 24.5 Å². The molecule has 4 heteroatoms. The van der Waals surface area contributed by atoms with Crippen molar-refractivity contribution in [3.63, 3.8) is 0 Å². The lowest BCUT2D eigenvalue weighted by atomic mass is 9.83. The van der Waals surface area contributed by atoms with Crippen molar-refractivity contribution < 1.29 is 9.47 Å². The van der Waals surface area contributed by atoms with Crippen molar-refractivity contribution in [3.05, 3.63) is 0 Å². The van der Waals surface area contributed by atoms with Gasteiger partial charge in [-0.1, -0.05) is 13.8 Å². The Morgan fingerprint density at radius 3 is 2.37 bits per heavy atom. The summed E-state index contributed by atoms with van der Waals surface area (Å²) in [6, 6.07) is 0.586. The highest BCUT2D eigenvalue weighted by Gasteiger charge is 2.39. The molecule has 0 bridgehead atoms. The third kappa shape index (κ3) is 5.03. The standard InChI is InChI=1S/C15H30N2O2/c1-13(2)17-10-9-16-8-5-14-3-6-15(7-4-14)18-11-12-19-15/h13-14,16-17H,3-12H2,1-2H3. The van der Waals surface area contributed by atoms with Crippen LogP contribution in [0.25, 0.3) is 0 Å². The predicted molar refractivity (Wildman–Crippen MR) is 77.2 cm³/mol. The topological polar surface area (TPSA) is 42.5 Å². The third-order valence-electron chi connectivity index (χ3n) is 4.26. The summed E-state index contributed by atoms with van der Waals surface area (Å²) in [5.74, 6) is 0.662. The second-order valence-corrected chi connectivity index (χ2v) is 6.20. The van der Waals surface area contributed by atoms with Crippen LogP contribution in [0.3, 0.4) is 0 Å². The van der Waals surface area contributed by atoms with Gasteiger partial charge in [-0.3, -0.25) is 0 Å². The number of hydrogen-bond donors (Lipinski definition) is 2. The normalized spacial score (nSPS) is 23.5. The van der Waals surface area contributed by atoms with E-state index < -0.39 is 0 Å². The molecule has 0 aromatic rings. The van der Waals surface area contributed by atoms with Crippen molar-refractivity contribution in [3.8, 4) is 0 Å². The van der Waals surface area contributed by atoms with Crippen LogP contribution in [-0.2, 0) is 9.47 Å². The molecule has 0 aromatic heterocycles. The zero-order valence-corrected chi connectivity index (χ0v) is 12.5. The monoisotopic (exact) mass is 270 g/mol. The molecular weight excluding hydrogens is 240 g/mol. The molecule has 1 heterocycles. The van der Waals surface area contributed by atoms with Crippen molar-refractivity contribution in [2.75, 3.05) is 32.8 Å². The van der Waals surface area contributed by atoms with Gasteiger partial charge in [0.2, 0.25) is 0 Å². The molecule has 2 fully saturated rings. The first-order chi connectivity index (χ1) is 9.20. The summed E-state index contributed by atoms with van der Waals surface area (Å²) in [5, 5.41) is 6.95. The van der Waals surface area contributed by atoms with Gasteiger partial charge in [-0.05, 0) is 31.7 Å². The van der Waals surface area contributed by atoms with E-state index in [1.54, 1.807) is 0 Å². The molecule has 0 unspecified atom stereocenters. The number of hydrogen-bond acceptors (Lipinski definition) is 4. The maximum Gasteiger partial charge on any atom is 0.168 e. The van der Waals surface area contributed by atoms with Gasteiger partial charge < -0.3 is 20.1 Å². The number of nitrogens with one attached hydrogen (secondary N) is 2. The molecule has 4 nitrogen and oxygen atoms in total. The van der Waals surface area contributed by atoms with Gasteiger partial charge in [0.05, 0.1) is 13.2 Å². The first-order valence-electron chi connectivity index (χ1n) is 7.92. The molecule has 112 valence electrons. The molecule has 1 saturated carbocycles. The predicted octanol–water partition coefficient (Wildman–Crippen LogP) is 1.90. The van der Waals surface area contributed by atoms with E-state index in [1.165, 1.54) is 19.3 Å². The minimum atomic E-state index is -0.189. The van der Waals surface area contributed by atoms with E-state index in [4.69, 9.17) is 9.47 Å². The van der Waals surface area contributed by atoms with E-state index in [-0.39, 0.29) is 5.79 Å². The van der Waals surface area contributed by atoms with Crippen molar-refractivity contribution in [2.24, 2.45) is 5.92 Å². The largest absolute Gasteiger partial charge is 0.348 e. The molecule has 2 N–H and O–H groups in total. The lowest BCUT2D eigenvalue weighted by Crippen LogP contribution is -2.36. The molecule has 1 saturated heterocycles. The maximum absolute atomic E-state index is 5.76. The van der Waals surface area contributed by atoms with Gasteiger partial charge in [0.1, 0.15) is 0 Å². The molecule has 2 aliphatic rings. The highest BCUT2D eigenvalue weighted by atomic mass is 16.7. The van der Waals surface area contributed by atoms with Crippen LogP contribution in [0.1, 0.15) is 46.0 Å². The summed E-state index contributed by atoms with van der Waals surface area (Å²) < 4.78 is 11.5. The van der Waals surface area contributed by atoms with Crippen molar-refractivity contribution in [1.82, 2.24) is 10.6 Å². The Morgan fingerprint density at radius 1 is 1.05 bits per heavy atom. The van der Waals surface area contributed by atoms with E-state index in [1.807, 2.05) is 0 Å². The molecular formula is C15H30N2O2. The van der Waals surface area contributed by atoms with Gasteiger partial charge >= 0.3 is 0 Å². The lowest BCUT2D eigenvalue weighted by Gasteiger charge is -2.35. The molecule has 1 aliphatic carbocycles. The van der Waals surface area contributed by atoms with E-state index in [0.29, 0.717) is 6.04 Å². The Morgan fingerprint density at radius 2 is 1.74 bits per heavy atom. The van der Waals surface area contributed by atoms with E-state index in [9.17, 15) is 0 Å². The molecule has 0 amide bonds. The summed E-state index contributed by atoms with van der Waals surface area (Å²) in [7, 11) is 0. The fourth-order valence-corrected chi connectivity index (χ4v) is 3.07. The fourth-order valence-electron chi connectivity index (χ4n) is 3.07. The maximum atomic E-state index is 5.76. The van der Waals surface area contributed by atoms with Gasteiger partial charge in [0.15, 0.2) is 5.79 Å². The number of rotatable bonds is 7. The molecule has 19 heavy (non-hydrogen) atoms. The van der Waals surface area contributed by atoms with Crippen molar-refractivity contribution >= 4 is 0 Å². The van der Waals surface area contributed by atoms with Gasteiger partial charge in [-0.15, -0.1) is 0 Å². The van der Waals surface area contributed by atoms with Crippen LogP contribution in [0.5, 0.6) is 0 Å². The third-order valence-corrected chi connectivity index (χ3v) is 4.26. The van der Waals surface area contributed by atoms with Crippen LogP contribution >= 0.6 is 0 Å². The summed E-state index contributed by atoms with van der Waals surface area (Å²) in [4.78, 5) is 0. The van der Waals surface area contributed by atoms with Crippen LogP contribution in [0.15, 0.2) is 0 Å². The molecule has 1 spiro atoms. The number of ether oxygens (including phenoxy) is 2. The van der Waals surface area contributed by atoms with Crippen LogP contribution in [0.2, 0.25) is 0 Å². The zero-order chi connectivity index (χ0) is 13.6. The summed E-state index contributed by atoms with van der Waals surface area (Å²) >= 11 is 0. The zero-order valence-electron chi connectivity index (χ0n) is 12.5. The van der Waals surface area contributed by atoms with Crippen molar-refractivity contribution in [1.29, 1.82) is 0 Å². The minimum absolute atomic E-state index is 0.189. The van der Waals surface area contributed by atoms with Crippen LogP contribution in [0, 0.1) is 5.92 Å². The van der Waals surface area contributed by atoms with Crippen LogP contribution in [0.4, 0.5) is 0 Å².